The van der Waals surface area contributed by atoms with Gasteiger partial charge in [-0.15, -0.1) is 0 Å². The molecule has 4 nitrogen and oxygen atoms in total. The Labute approximate surface area is 243 Å². The molecular formula is C34H33F4NO3. The molecule has 0 aliphatic rings. The highest BCUT2D eigenvalue weighted by molar-refractivity contribution is 5.70. The van der Waals surface area contributed by atoms with E-state index in [-0.39, 0.29) is 24.8 Å². The summed E-state index contributed by atoms with van der Waals surface area (Å²) >= 11 is 0. The summed E-state index contributed by atoms with van der Waals surface area (Å²) in [5, 5.41) is 9.08. The molecule has 220 valence electrons. The van der Waals surface area contributed by atoms with Gasteiger partial charge in [0.05, 0.1) is 18.6 Å². The summed E-state index contributed by atoms with van der Waals surface area (Å²) < 4.78 is 60.5. The average Bonchev–Trinajstić information content (AvgIpc) is 2.96. The van der Waals surface area contributed by atoms with Crippen molar-refractivity contribution in [2.45, 2.75) is 32.0 Å². The molecule has 0 bridgehead atoms. The van der Waals surface area contributed by atoms with Crippen LogP contribution in [0.5, 0.6) is 5.75 Å². The first-order chi connectivity index (χ1) is 20.1. The van der Waals surface area contributed by atoms with Gasteiger partial charge in [-0.2, -0.15) is 13.2 Å². The summed E-state index contributed by atoms with van der Waals surface area (Å²) in [5.74, 6) is -1.78. The Morgan fingerprint density at radius 2 is 1.48 bits per heavy atom. The third-order valence-electron chi connectivity index (χ3n) is 6.95. The standard InChI is InChI=1S/C34H33F4NO3/c1-24(23-42-29-14-8-9-25(17-29)19-33(40)41)20-39(21-26-15-16-32(35)31(18-26)34(36,37)38)22-30(27-10-4-2-5-11-27)28-12-6-3-7-13-28/h2-18,24,30H,19-23H2,1H3,(H,40,41). The maximum atomic E-state index is 14.0. The van der Waals surface area contributed by atoms with Crippen molar-refractivity contribution in [3.63, 3.8) is 0 Å². The highest BCUT2D eigenvalue weighted by atomic mass is 19.4. The Kier molecular flexibility index (Phi) is 10.4. The third-order valence-corrected chi connectivity index (χ3v) is 6.95. The van der Waals surface area contributed by atoms with Crippen molar-refractivity contribution in [2.75, 3.05) is 19.7 Å². The zero-order valence-electron chi connectivity index (χ0n) is 23.2. The van der Waals surface area contributed by atoms with Crippen molar-refractivity contribution < 1.29 is 32.2 Å². The Bertz CT molecular complexity index is 1400. The SMILES string of the molecule is CC(COc1cccc(CC(=O)O)c1)CN(Cc1ccc(F)c(C(F)(F)F)c1)CC(c1ccccc1)c1ccccc1. The molecule has 4 aromatic rings. The van der Waals surface area contributed by atoms with Crippen molar-refractivity contribution in [1.82, 2.24) is 4.90 Å². The van der Waals surface area contributed by atoms with Gasteiger partial charge in [0, 0.05) is 31.5 Å². The highest BCUT2D eigenvalue weighted by Gasteiger charge is 2.34. The Morgan fingerprint density at radius 1 is 0.833 bits per heavy atom. The number of rotatable bonds is 13. The first-order valence-electron chi connectivity index (χ1n) is 13.7. The number of aliphatic carboxylic acids is 1. The summed E-state index contributed by atoms with van der Waals surface area (Å²) in [4.78, 5) is 13.2. The van der Waals surface area contributed by atoms with Gasteiger partial charge < -0.3 is 9.84 Å². The van der Waals surface area contributed by atoms with Gasteiger partial charge in [0.1, 0.15) is 11.6 Å². The number of nitrogens with zero attached hydrogens (tertiary/aromatic N) is 1. The lowest BCUT2D eigenvalue weighted by molar-refractivity contribution is -0.140. The van der Waals surface area contributed by atoms with Crippen molar-refractivity contribution in [1.29, 1.82) is 0 Å². The normalized spacial score (nSPS) is 12.5. The van der Waals surface area contributed by atoms with Crippen LogP contribution in [0.1, 0.15) is 40.7 Å². The van der Waals surface area contributed by atoms with E-state index >= 15 is 0 Å². The molecule has 0 aliphatic carbocycles. The second-order valence-electron chi connectivity index (χ2n) is 10.5. The lowest BCUT2D eigenvalue weighted by Gasteiger charge is -2.31. The monoisotopic (exact) mass is 579 g/mol. The van der Waals surface area contributed by atoms with Crippen LogP contribution < -0.4 is 4.74 Å². The van der Waals surface area contributed by atoms with Gasteiger partial charge in [0.15, 0.2) is 0 Å². The zero-order chi connectivity index (χ0) is 30.1. The van der Waals surface area contributed by atoms with Crippen LogP contribution in [0.15, 0.2) is 103 Å². The first-order valence-corrected chi connectivity index (χ1v) is 13.7. The molecule has 8 heteroatoms. The molecule has 1 N–H and O–H groups in total. The number of carbonyl (C=O) groups is 1. The number of hydrogen-bond donors (Lipinski definition) is 1. The predicted octanol–water partition coefficient (Wildman–Crippen LogP) is 7.82. The quantitative estimate of drug-likeness (QED) is 0.164. The van der Waals surface area contributed by atoms with E-state index in [2.05, 4.69) is 4.90 Å². The van der Waals surface area contributed by atoms with Crippen molar-refractivity contribution in [2.24, 2.45) is 5.92 Å². The van der Waals surface area contributed by atoms with Crippen molar-refractivity contribution in [3.05, 3.63) is 137 Å². The molecule has 42 heavy (non-hydrogen) atoms. The molecule has 0 fully saturated rings. The molecule has 0 saturated carbocycles. The van der Waals surface area contributed by atoms with Gasteiger partial charge in [-0.1, -0.05) is 85.8 Å². The first kappa shape index (κ1) is 30.8. The number of ether oxygens (including phenoxy) is 1. The maximum Gasteiger partial charge on any atom is 0.419 e. The Morgan fingerprint density at radius 3 is 2.07 bits per heavy atom. The third kappa shape index (κ3) is 8.91. The van der Waals surface area contributed by atoms with Crippen LogP contribution in [0.2, 0.25) is 0 Å². The number of hydrogen-bond acceptors (Lipinski definition) is 3. The molecule has 0 heterocycles. The summed E-state index contributed by atoms with van der Waals surface area (Å²) in [5.41, 5.74) is 1.85. The lowest BCUT2D eigenvalue weighted by Crippen LogP contribution is -2.34. The molecule has 0 radical (unpaired) electrons. The van der Waals surface area contributed by atoms with Crippen LogP contribution in [0.4, 0.5) is 17.6 Å². The fourth-order valence-corrected chi connectivity index (χ4v) is 5.03. The van der Waals surface area contributed by atoms with Crippen LogP contribution in [0.3, 0.4) is 0 Å². The topological polar surface area (TPSA) is 49.8 Å². The summed E-state index contributed by atoms with van der Waals surface area (Å²) in [7, 11) is 0. The van der Waals surface area contributed by atoms with Gasteiger partial charge in [-0.3, -0.25) is 9.69 Å². The molecule has 4 rings (SSSR count). The van der Waals surface area contributed by atoms with E-state index in [1.54, 1.807) is 24.3 Å². The van der Waals surface area contributed by atoms with E-state index in [9.17, 15) is 22.4 Å². The van der Waals surface area contributed by atoms with E-state index in [1.165, 1.54) is 6.07 Å². The number of halogens is 4. The Hall–Kier alpha value is -4.17. The van der Waals surface area contributed by atoms with E-state index in [4.69, 9.17) is 9.84 Å². The van der Waals surface area contributed by atoms with Crippen LogP contribution in [-0.4, -0.2) is 35.7 Å². The molecule has 4 aromatic carbocycles. The van der Waals surface area contributed by atoms with Crippen molar-refractivity contribution in [3.8, 4) is 5.75 Å². The van der Waals surface area contributed by atoms with Crippen LogP contribution in [-0.2, 0) is 23.9 Å². The number of benzene rings is 4. The fourth-order valence-electron chi connectivity index (χ4n) is 5.03. The number of carboxylic acid groups (broad SMARTS) is 1. The van der Waals surface area contributed by atoms with Gasteiger partial charge in [-0.05, 0) is 46.5 Å². The second-order valence-corrected chi connectivity index (χ2v) is 10.5. The Balaban J connectivity index is 1.57. The summed E-state index contributed by atoms with van der Waals surface area (Å²) in [6.07, 6.45) is -4.91. The number of alkyl halides is 3. The average molecular weight is 580 g/mol. The van der Waals surface area contributed by atoms with Gasteiger partial charge >= 0.3 is 12.1 Å². The molecule has 1 unspecified atom stereocenters. The molecule has 0 aromatic heterocycles. The van der Waals surface area contributed by atoms with Crippen LogP contribution >= 0.6 is 0 Å². The summed E-state index contributed by atoms with van der Waals surface area (Å²) in [6, 6.07) is 29.9. The van der Waals surface area contributed by atoms with E-state index in [1.807, 2.05) is 67.6 Å². The van der Waals surface area contributed by atoms with Crippen LogP contribution in [0, 0.1) is 11.7 Å². The smallest absolute Gasteiger partial charge is 0.419 e. The minimum Gasteiger partial charge on any atom is -0.493 e. The minimum absolute atomic E-state index is 0.0390. The van der Waals surface area contributed by atoms with Gasteiger partial charge in [-0.25, -0.2) is 4.39 Å². The van der Waals surface area contributed by atoms with Crippen molar-refractivity contribution >= 4 is 5.97 Å². The molecule has 0 saturated heterocycles. The molecular weight excluding hydrogens is 546 g/mol. The maximum absolute atomic E-state index is 14.0. The summed E-state index contributed by atoms with van der Waals surface area (Å²) in [6.45, 7) is 3.47. The second kappa shape index (κ2) is 14.1. The largest absolute Gasteiger partial charge is 0.493 e. The van der Waals surface area contributed by atoms with E-state index in [0.29, 0.717) is 36.6 Å². The van der Waals surface area contributed by atoms with Crippen LogP contribution in [0.25, 0.3) is 0 Å². The predicted molar refractivity (Wildman–Crippen MR) is 154 cm³/mol. The zero-order valence-corrected chi connectivity index (χ0v) is 23.2. The lowest BCUT2D eigenvalue weighted by atomic mass is 9.90. The number of carboxylic acids is 1. The highest BCUT2D eigenvalue weighted by Crippen LogP contribution is 2.33. The minimum atomic E-state index is -4.79. The van der Waals surface area contributed by atoms with Gasteiger partial charge in [0.2, 0.25) is 0 Å². The van der Waals surface area contributed by atoms with E-state index < -0.39 is 23.5 Å². The molecule has 1 atom stereocenters. The molecule has 0 aliphatic heterocycles. The van der Waals surface area contributed by atoms with E-state index in [0.717, 1.165) is 23.3 Å². The fraction of sp³-hybridized carbons (Fsp3) is 0.265. The molecule has 0 spiro atoms. The van der Waals surface area contributed by atoms with Gasteiger partial charge in [0.25, 0.3) is 0 Å². The molecule has 0 amide bonds.